The van der Waals surface area contributed by atoms with Crippen molar-refractivity contribution in [2.24, 2.45) is 0 Å². The van der Waals surface area contributed by atoms with Gasteiger partial charge in [0.1, 0.15) is 0 Å². The van der Waals surface area contributed by atoms with Gasteiger partial charge in [0.05, 0.1) is 0 Å². The topological polar surface area (TPSA) is 55.8 Å². The predicted molar refractivity (Wildman–Crippen MR) is 74.1 cm³/mol. The summed E-state index contributed by atoms with van der Waals surface area (Å²) in [6, 6.07) is 11.8. The summed E-state index contributed by atoms with van der Waals surface area (Å²) in [6.07, 6.45) is 0. The van der Waals surface area contributed by atoms with E-state index in [9.17, 15) is 9.90 Å². The molecule has 1 atom stereocenters. The Bertz CT molecular complexity index is 610. The van der Waals surface area contributed by atoms with Gasteiger partial charge in [-0.15, -0.1) is 0 Å². The molecule has 0 saturated heterocycles. The quantitative estimate of drug-likeness (QED) is 0.683. The minimum atomic E-state index is -0.505. The number of carbonyl (C=O) groups excluding carboxylic acids is 1. The first-order valence-electron chi connectivity index (χ1n) is 5.55. The fourth-order valence-corrected chi connectivity index (χ4v) is 2.12. The number of aromatic hydroxyl groups is 1. The van der Waals surface area contributed by atoms with E-state index in [2.05, 4.69) is 4.74 Å². The van der Waals surface area contributed by atoms with Crippen molar-refractivity contribution >= 4 is 27.2 Å². The molecule has 0 fully saturated rings. The average molecular weight is 320 g/mol. The molecule has 5 heteroatoms. The number of esters is 1. The number of carbonyl (C=O) groups is 1. The summed E-state index contributed by atoms with van der Waals surface area (Å²) in [6.45, 7) is 0. The summed E-state index contributed by atoms with van der Waals surface area (Å²) in [5, 5.41) is 9.51. The zero-order chi connectivity index (χ0) is 13.8. The Balaban J connectivity index is 2.41. The monoisotopic (exact) mass is 320 g/mol. The standard InChI is InChI=1S/C14H13AsO4/c1-18-14(17)10-7-6-9(16)8-13(10)19-12-5-3-2-4-11(12)15/h2-8,16H,15H2,1H3. The number of para-hydroxylation sites is 1. The molecule has 1 unspecified atom stereocenters. The van der Waals surface area contributed by atoms with Crippen LogP contribution in [-0.2, 0) is 4.74 Å². The van der Waals surface area contributed by atoms with Crippen molar-refractivity contribution < 1.29 is 19.4 Å². The summed E-state index contributed by atoms with van der Waals surface area (Å²) in [4.78, 5) is 11.6. The van der Waals surface area contributed by atoms with Crippen LogP contribution in [0.15, 0.2) is 42.5 Å². The number of methoxy groups -OCH3 is 1. The van der Waals surface area contributed by atoms with Gasteiger partial charge in [-0.2, -0.15) is 0 Å². The van der Waals surface area contributed by atoms with Crippen LogP contribution < -0.4 is 9.09 Å². The summed E-state index contributed by atoms with van der Waals surface area (Å²) >= 11 is 1.42. The Morgan fingerprint density at radius 3 is 2.58 bits per heavy atom. The fourth-order valence-electron chi connectivity index (χ4n) is 1.57. The van der Waals surface area contributed by atoms with Crippen molar-refractivity contribution in [1.82, 2.24) is 0 Å². The van der Waals surface area contributed by atoms with E-state index in [0.717, 1.165) is 4.35 Å². The van der Waals surface area contributed by atoms with Crippen molar-refractivity contribution in [2.45, 2.75) is 0 Å². The van der Waals surface area contributed by atoms with Crippen molar-refractivity contribution in [3.05, 3.63) is 48.0 Å². The van der Waals surface area contributed by atoms with E-state index in [-0.39, 0.29) is 17.1 Å². The first-order chi connectivity index (χ1) is 9.11. The molecule has 2 rings (SSSR count). The molecule has 2 aromatic rings. The second kappa shape index (κ2) is 5.81. The van der Waals surface area contributed by atoms with Gasteiger partial charge in [0, 0.05) is 0 Å². The third-order valence-electron chi connectivity index (χ3n) is 2.51. The normalized spacial score (nSPS) is 10.0. The molecule has 4 nitrogen and oxygen atoms in total. The Morgan fingerprint density at radius 2 is 1.89 bits per heavy atom. The summed E-state index contributed by atoms with van der Waals surface area (Å²) < 4.78 is 11.4. The number of phenolic OH excluding ortho intramolecular Hbond substituents is 1. The molecule has 0 heterocycles. The molecule has 0 amide bonds. The van der Waals surface area contributed by atoms with Crippen molar-refractivity contribution in [1.29, 1.82) is 0 Å². The van der Waals surface area contributed by atoms with Gasteiger partial charge in [-0.3, -0.25) is 0 Å². The zero-order valence-electron chi connectivity index (χ0n) is 10.3. The molecule has 0 radical (unpaired) electrons. The number of hydrogen-bond donors (Lipinski definition) is 1. The van der Waals surface area contributed by atoms with E-state index in [1.54, 1.807) is 0 Å². The summed E-state index contributed by atoms with van der Waals surface area (Å²) in [5.41, 5.74) is 0.274. The van der Waals surface area contributed by atoms with Crippen molar-refractivity contribution in [3.8, 4) is 17.2 Å². The second-order valence-electron chi connectivity index (χ2n) is 3.81. The second-order valence-corrected chi connectivity index (χ2v) is 5.12. The van der Waals surface area contributed by atoms with Crippen LogP contribution in [0, 0.1) is 0 Å². The first-order valence-corrected chi connectivity index (χ1v) is 6.76. The molecule has 0 aliphatic carbocycles. The molecule has 0 aromatic heterocycles. The van der Waals surface area contributed by atoms with Crippen LogP contribution in [0.3, 0.4) is 0 Å². The van der Waals surface area contributed by atoms with Crippen LogP contribution in [0.25, 0.3) is 0 Å². The number of phenols is 1. The summed E-state index contributed by atoms with van der Waals surface area (Å²) in [5.74, 6) is 0.450. The van der Waals surface area contributed by atoms with Gasteiger partial charge in [-0.05, 0) is 0 Å². The van der Waals surface area contributed by atoms with Crippen molar-refractivity contribution in [2.75, 3.05) is 7.11 Å². The molecule has 0 aliphatic rings. The zero-order valence-corrected chi connectivity index (χ0v) is 12.7. The van der Waals surface area contributed by atoms with E-state index in [4.69, 9.17) is 4.74 Å². The third kappa shape index (κ3) is 3.09. The number of rotatable bonds is 3. The Labute approximate surface area is 119 Å². The van der Waals surface area contributed by atoms with E-state index < -0.39 is 5.97 Å². The van der Waals surface area contributed by atoms with E-state index in [0.29, 0.717) is 5.75 Å². The molecule has 2 aromatic carbocycles. The maximum atomic E-state index is 11.6. The molecule has 0 aliphatic heterocycles. The molecule has 98 valence electrons. The van der Waals surface area contributed by atoms with Gasteiger partial charge in [0.15, 0.2) is 0 Å². The predicted octanol–water partition coefficient (Wildman–Crippen LogP) is 1.23. The molecule has 0 bridgehead atoms. The van der Waals surface area contributed by atoms with Crippen LogP contribution in [0.4, 0.5) is 0 Å². The van der Waals surface area contributed by atoms with E-state index in [1.807, 2.05) is 24.3 Å². The average Bonchev–Trinajstić information content (AvgIpc) is 2.41. The van der Waals surface area contributed by atoms with E-state index >= 15 is 0 Å². The van der Waals surface area contributed by atoms with Crippen molar-refractivity contribution in [3.63, 3.8) is 0 Å². The number of hydrogen-bond acceptors (Lipinski definition) is 4. The Hall–Kier alpha value is -1.93. The van der Waals surface area contributed by atoms with Gasteiger partial charge in [0.2, 0.25) is 0 Å². The van der Waals surface area contributed by atoms with Gasteiger partial charge in [-0.1, -0.05) is 0 Å². The number of benzene rings is 2. The molecule has 0 spiro atoms. The van der Waals surface area contributed by atoms with Gasteiger partial charge in [-0.25, -0.2) is 0 Å². The van der Waals surface area contributed by atoms with Crippen LogP contribution >= 0.6 is 0 Å². The third-order valence-corrected chi connectivity index (χ3v) is 3.51. The van der Waals surface area contributed by atoms with Crippen LogP contribution in [0.1, 0.15) is 10.4 Å². The molecule has 1 N–H and O–H groups in total. The van der Waals surface area contributed by atoms with Gasteiger partial charge < -0.3 is 0 Å². The van der Waals surface area contributed by atoms with Crippen LogP contribution in [0.5, 0.6) is 17.2 Å². The van der Waals surface area contributed by atoms with Gasteiger partial charge in [0.25, 0.3) is 0 Å². The van der Waals surface area contributed by atoms with Crippen LogP contribution in [-0.4, -0.2) is 35.0 Å². The van der Waals surface area contributed by atoms with E-state index in [1.165, 1.54) is 42.2 Å². The SMILES string of the molecule is COC(=O)c1ccc(O)cc1Oc1ccccc1[AsH2]. The van der Waals surface area contributed by atoms with Gasteiger partial charge >= 0.3 is 119 Å². The molecular weight excluding hydrogens is 307 g/mol. The van der Waals surface area contributed by atoms with Crippen LogP contribution in [0.2, 0.25) is 0 Å². The molecule has 19 heavy (non-hydrogen) atoms. The first kappa shape index (κ1) is 13.5. The molecule has 0 saturated carbocycles. The minimum absolute atomic E-state index is 0.0294. The Morgan fingerprint density at radius 1 is 1.16 bits per heavy atom. The number of ether oxygens (including phenoxy) is 2. The Kier molecular flexibility index (Phi) is 4.12. The molecular formula is C14H13AsO4. The fraction of sp³-hybridized carbons (Fsp3) is 0.0714. The maximum absolute atomic E-state index is 11.6. The summed E-state index contributed by atoms with van der Waals surface area (Å²) in [7, 11) is 1.30.